The zero-order valence-electron chi connectivity index (χ0n) is 23.3. The van der Waals surface area contributed by atoms with E-state index in [9.17, 15) is 20.2 Å². The summed E-state index contributed by atoms with van der Waals surface area (Å²) in [6.45, 7) is -0.250. The van der Waals surface area contributed by atoms with Crippen LogP contribution in [0.3, 0.4) is 0 Å². The van der Waals surface area contributed by atoms with Crippen molar-refractivity contribution in [3.05, 3.63) is 151 Å². The molecular weight excluding hydrogens is 619 g/mol. The van der Waals surface area contributed by atoms with E-state index in [-0.39, 0.29) is 24.6 Å². The second-order valence-corrected chi connectivity index (χ2v) is 10.8. The minimum absolute atomic E-state index is 0.125. The molecule has 0 atom stereocenters. The summed E-state index contributed by atoms with van der Waals surface area (Å²) >= 11 is 11.9. The van der Waals surface area contributed by atoms with Crippen molar-refractivity contribution in [2.24, 2.45) is 0 Å². The monoisotopic (exact) mass is 640 g/mol. The van der Waals surface area contributed by atoms with Crippen LogP contribution in [0.5, 0.6) is 0 Å². The third kappa shape index (κ3) is 6.60. The highest BCUT2D eigenvalue weighted by Crippen LogP contribution is 2.30. The molecule has 2 heterocycles. The molecule has 0 radical (unpaired) electrons. The number of nitro groups is 2. The molecule has 6 aromatic rings. The molecule has 11 nitrogen and oxygen atoms in total. The van der Waals surface area contributed by atoms with Gasteiger partial charge in [-0.1, -0.05) is 35.3 Å². The van der Waals surface area contributed by atoms with Crippen LogP contribution < -0.4 is 0 Å². The lowest BCUT2D eigenvalue weighted by molar-refractivity contribution is -0.386. The molecule has 0 aliphatic carbocycles. The molecule has 0 bridgehead atoms. The van der Waals surface area contributed by atoms with Gasteiger partial charge in [-0.15, -0.1) is 0 Å². The standard InChI is InChI=1S/C32H22Cl2N6O5/c33-25-5-9-27(10-6-25)37-15-13-29(35-37)21-1-3-23(31(17-21)39(41)42)19-45-20-24-4-2-22(18-32(24)40(43)44)30-14-16-38(36-30)28-11-7-26(34)8-12-28/h1-18H,19-20H2. The van der Waals surface area contributed by atoms with Gasteiger partial charge in [-0.3, -0.25) is 20.2 Å². The molecule has 0 saturated carbocycles. The van der Waals surface area contributed by atoms with Crippen LogP contribution in [0.4, 0.5) is 11.4 Å². The third-order valence-corrected chi connectivity index (χ3v) is 7.54. The van der Waals surface area contributed by atoms with Crippen LogP contribution >= 0.6 is 23.2 Å². The molecule has 0 aliphatic heterocycles. The predicted octanol–water partition coefficient (Wildman–Crippen LogP) is 8.23. The van der Waals surface area contributed by atoms with Crippen LogP contribution in [-0.4, -0.2) is 29.4 Å². The average Bonchev–Trinajstić information content (AvgIpc) is 3.73. The first-order valence-corrected chi connectivity index (χ1v) is 14.3. The van der Waals surface area contributed by atoms with Gasteiger partial charge in [0.25, 0.3) is 11.4 Å². The van der Waals surface area contributed by atoms with Gasteiger partial charge in [-0.05, 0) is 72.8 Å². The molecule has 0 N–H and O–H groups in total. The fraction of sp³-hybridized carbons (Fsp3) is 0.0625. The molecular formula is C32H22Cl2N6O5. The quantitative estimate of drug-likeness (QED) is 0.109. The van der Waals surface area contributed by atoms with Crippen molar-refractivity contribution in [2.75, 3.05) is 0 Å². The van der Waals surface area contributed by atoms with Gasteiger partial charge in [0.05, 0.1) is 56.9 Å². The number of hydrogen-bond acceptors (Lipinski definition) is 7. The number of ether oxygens (including phenoxy) is 1. The van der Waals surface area contributed by atoms with Crippen molar-refractivity contribution in [2.45, 2.75) is 13.2 Å². The van der Waals surface area contributed by atoms with Gasteiger partial charge in [0, 0.05) is 45.7 Å². The molecule has 13 heteroatoms. The van der Waals surface area contributed by atoms with Gasteiger partial charge in [0.1, 0.15) is 0 Å². The topological polar surface area (TPSA) is 131 Å². The van der Waals surface area contributed by atoms with E-state index in [2.05, 4.69) is 10.2 Å². The molecule has 0 fully saturated rings. The molecule has 2 aromatic heterocycles. The van der Waals surface area contributed by atoms with E-state index in [0.29, 0.717) is 43.7 Å². The van der Waals surface area contributed by atoms with Crippen LogP contribution in [0.15, 0.2) is 109 Å². The number of halogens is 2. The smallest absolute Gasteiger partial charge is 0.275 e. The second kappa shape index (κ2) is 12.7. The number of nitrogens with zero attached hydrogens (tertiary/aromatic N) is 6. The molecule has 4 aromatic carbocycles. The molecule has 224 valence electrons. The first-order chi connectivity index (χ1) is 21.7. The summed E-state index contributed by atoms with van der Waals surface area (Å²) in [7, 11) is 0. The van der Waals surface area contributed by atoms with Crippen LogP contribution in [0, 0.1) is 20.2 Å². The molecule has 0 aliphatic rings. The Bertz CT molecular complexity index is 1880. The summed E-state index contributed by atoms with van der Waals surface area (Å²) in [5.41, 5.74) is 4.17. The van der Waals surface area contributed by atoms with Gasteiger partial charge in [0.15, 0.2) is 0 Å². The first-order valence-electron chi connectivity index (χ1n) is 13.5. The van der Waals surface area contributed by atoms with Crippen molar-refractivity contribution in [3.63, 3.8) is 0 Å². The van der Waals surface area contributed by atoms with Crippen LogP contribution in [-0.2, 0) is 18.0 Å². The summed E-state index contributed by atoms with van der Waals surface area (Å²) in [6.07, 6.45) is 3.51. The van der Waals surface area contributed by atoms with Crippen LogP contribution in [0.2, 0.25) is 10.0 Å². The zero-order chi connectivity index (χ0) is 31.5. The van der Waals surface area contributed by atoms with Crippen molar-refractivity contribution in [1.29, 1.82) is 0 Å². The number of rotatable bonds is 10. The first kappa shape index (κ1) is 29.7. The highest BCUT2D eigenvalue weighted by Gasteiger charge is 2.20. The summed E-state index contributed by atoms with van der Waals surface area (Å²) in [5, 5.41) is 34.1. The maximum absolute atomic E-state index is 11.9. The fourth-order valence-corrected chi connectivity index (χ4v) is 4.98. The number of hydrogen-bond donors (Lipinski definition) is 0. The van der Waals surface area contributed by atoms with E-state index < -0.39 is 9.85 Å². The highest BCUT2D eigenvalue weighted by atomic mass is 35.5. The Labute approximate surface area is 266 Å². The lowest BCUT2D eigenvalue weighted by atomic mass is 10.1. The summed E-state index contributed by atoms with van der Waals surface area (Å²) < 4.78 is 9.05. The Kier molecular flexibility index (Phi) is 8.39. The van der Waals surface area contributed by atoms with Crippen LogP contribution in [0.1, 0.15) is 11.1 Å². The van der Waals surface area contributed by atoms with Crippen molar-refractivity contribution in [3.8, 4) is 33.9 Å². The molecule has 0 unspecified atom stereocenters. The lowest BCUT2D eigenvalue weighted by Crippen LogP contribution is -2.02. The second-order valence-electron chi connectivity index (χ2n) is 9.94. The Morgan fingerprint density at radius 2 is 1.00 bits per heavy atom. The van der Waals surface area contributed by atoms with Gasteiger partial charge in [-0.2, -0.15) is 10.2 Å². The van der Waals surface area contributed by atoms with Gasteiger partial charge in [-0.25, -0.2) is 9.36 Å². The van der Waals surface area contributed by atoms with Crippen molar-refractivity contribution < 1.29 is 14.6 Å². The van der Waals surface area contributed by atoms with E-state index in [1.165, 1.54) is 12.1 Å². The number of nitro benzene ring substituents is 2. The Morgan fingerprint density at radius 1 is 0.600 bits per heavy atom. The average molecular weight is 641 g/mol. The minimum Gasteiger partial charge on any atom is -0.372 e. The lowest BCUT2D eigenvalue weighted by Gasteiger charge is -2.08. The van der Waals surface area contributed by atoms with Gasteiger partial charge in [0.2, 0.25) is 0 Å². The van der Waals surface area contributed by atoms with Gasteiger partial charge >= 0.3 is 0 Å². The minimum atomic E-state index is -0.487. The largest absolute Gasteiger partial charge is 0.372 e. The Hall–Kier alpha value is -5.36. The van der Waals surface area contributed by atoms with E-state index in [4.69, 9.17) is 27.9 Å². The third-order valence-electron chi connectivity index (χ3n) is 7.03. The molecule has 45 heavy (non-hydrogen) atoms. The molecule has 0 spiro atoms. The van der Waals surface area contributed by atoms with E-state index in [0.717, 1.165) is 11.4 Å². The molecule has 6 rings (SSSR count). The van der Waals surface area contributed by atoms with Gasteiger partial charge < -0.3 is 4.74 Å². The summed E-state index contributed by atoms with van der Waals surface area (Å²) in [5.74, 6) is 0. The van der Waals surface area contributed by atoms with Crippen molar-refractivity contribution in [1.82, 2.24) is 19.6 Å². The summed E-state index contributed by atoms with van der Waals surface area (Å²) in [4.78, 5) is 22.9. The maximum atomic E-state index is 11.9. The SMILES string of the molecule is O=[N+]([O-])c1cc(-c2ccn(-c3ccc(Cl)cc3)n2)ccc1COCc1ccc(-c2ccn(-c3ccc(Cl)cc3)n2)cc1[N+](=O)[O-]. The van der Waals surface area contributed by atoms with E-state index >= 15 is 0 Å². The molecule has 0 saturated heterocycles. The normalized spacial score (nSPS) is 11.1. The van der Waals surface area contributed by atoms with Crippen LogP contribution in [0.25, 0.3) is 33.9 Å². The predicted molar refractivity (Wildman–Crippen MR) is 170 cm³/mol. The summed E-state index contributed by atoms with van der Waals surface area (Å²) in [6, 6.07) is 27.3. The maximum Gasteiger partial charge on any atom is 0.275 e. The number of benzene rings is 4. The highest BCUT2D eigenvalue weighted by molar-refractivity contribution is 6.30. The fourth-order valence-electron chi connectivity index (χ4n) is 4.73. The van der Waals surface area contributed by atoms with E-state index in [1.54, 1.807) is 82.4 Å². The number of aromatic nitrogens is 4. The van der Waals surface area contributed by atoms with Crippen molar-refractivity contribution >= 4 is 34.6 Å². The Balaban J connectivity index is 1.16. The Morgan fingerprint density at radius 3 is 1.38 bits per heavy atom. The van der Waals surface area contributed by atoms with E-state index in [1.807, 2.05) is 24.3 Å². The zero-order valence-corrected chi connectivity index (χ0v) is 24.8. The molecule has 0 amide bonds.